The van der Waals surface area contributed by atoms with E-state index < -0.39 is 35.1 Å². The van der Waals surface area contributed by atoms with Crippen molar-refractivity contribution in [2.24, 2.45) is 17.8 Å². The molecule has 2 aromatic heterocycles. The van der Waals surface area contributed by atoms with Gasteiger partial charge < -0.3 is 25.8 Å². The van der Waals surface area contributed by atoms with Crippen molar-refractivity contribution in [3.63, 3.8) is 0 Å². The molecule has 0 aromatic carbocycles. The van der Waals surface area contributed by atoms with E-state index in [0.29, 0.717) is 27.4 Å². The Hall–Kier alpha value is -3.87. The molecule has 0 saturated heterocycles. The van der Waals surface area contributed by atoms with Gasteiger partial charge in [0.25, 0.3) is 17.4 Å². The van der Waals surface area contributed by atoms with Crippen molar-refractivity contribution in [3.8, 4) is 0 Å². The Labute approximate surface area is 254 Å². The van der Waals surface area contributed by atoms with E-state index in [1.165, 1.54) is 36.7 Å². The molecule has 43 heavy (non-hydrogen) atoms. The van der Waals surface area contributed by atoms with Gasteiger partial charge in [-0.25, -0.2) is 4.98 Å². The number of pyridine rings is 1. The number of likely N-dealkylation sites (N-methyl/N-ethyl adjacent to an activating group) is 1. The van der Waals surface area contributed by atoms with Gasteiger partial charge in [-0.2, -0.15) is 0 Å². The lowest BCUT2D eigenvalue weighted by molar-refractivity contribution is -0.137. The molecule has 2 aromatic rings. The molecular weight excluding hydrogens is 572 g/mol. The Kier molecular flexibility index (Phi) is 10.5. The fourth-order valence-corrected chi connectivity index (χ4v) is 7.22. The molecule has 0 spiro atoms. The molecule has 2 saturated carbocycles. The number of amides is 4. The van der Waals surface area contributed by atoms with Crippen LogP contribution in [0.1, 0.15) is 72.2 Å². The van der Waals surface area contributed by atoms with E-state index in [9.17, 15) is 28.8 Å². The minimum absolute atomic E-state index is 0.0791. The van der Waals surface area contributed by atoms with Crippen molar-refractivity contribution in [2.45, 2.75) is 84.3 Å². The summed E-state index contributed by atoms with van der Waals surface area (Å²) in [6.45, 7) is 5.40. The first-order valence-corrected chi connectivity index (χ1v) is 15.6. The van der Waals surface area contributed by atoms with Gasteiger partial charge in [0.05, 0.1) is 10.7 Å². The molecule has 232 valence electrons. The predicted octanol–water partition coefficient (Wildman–Crippen LogP) is 2.09. The van der Waals surface area contributed by atoms with Crippen LogP contribution < -0.4 is 26.8 Å². The van der Waals surface area contributed by atoms with Gasteiger partial charge in [-0.1, -0.05) is 19.8 Å². The molecule has 13 heteroatoms. The summed E-state index contributed by atoms with van der Waals surface area (Å²) in [5.41, 5.74) is -0.167. The van der Waals surface area contributed by atoms with Gasteiger partial charge in [0.15, 0.2) is 0 Å². The lowest BCUT2D eigenvalue weighted by Crippen LogP contribution is -2.50. The second-order valence-corrected chi connectivity index (χ2v) is 12.9. The van der Waals surface area contributed by atoms with Crippen LogP contribution in [0.4, 0.5) is 5.69 Å². The summed E-state index contributed by atoms with van der Waals surface area (Å²) in [6, 6.07) is 1.80. The number of carbonyl (C=O) groups excluding carboxylic acids is 5. The minimum Gasteiger partial charge on any atom is -0.353 e. The molecule has 0 aliphatic heterocycles. The van der Waals surface area contributed by atoms with Crippen LogP contribution in [0.2, 0.25) is 0 Å². The number of rotatable bonds is 11. The van der Waals surface area contributed by atoms with Gasteiger partial charge in [-0.3, -0.25) is 28.8 Å². The lowest BCUT2D eigenvalue weighted by atomic mass is 9.65. The number of ketones is 1. The zero-order chi connectivity index (χ0) is 31.3. The number of aryl methyl sites for hydroxylation is 2. The quantitative estimate of drug-likeness (QED) is 0.282. The fourth-order valence-electron chi connectivity index (χ4n) is 6.40. The van der Waals surface area contributed by atoms with Crippen molar-refractivity contribution in [2.75, 3.05) is 12.4 Å². The number of nitrogens with zero attached hydrogens (tertiary/aromatic N) is 2. The van der Waals surface area contributed by atoms with Crippen molar-refractivity contribution >= 4 is 46.4 Å². The van der Waals surface area contributed by atoms with Crippen molar-refractivity contribution in [1.29, 1.82) is 0 Å². The second kappa shape index (κ2) is 14.1. The number of carbonyl (C=O) groups is 5. The number of Topliss-reactive ketones (excluding diaryl/α,β-unsaturated/α-hetero) is 1. The number of hydrogen-bond acceptors (Lipinski definition) is 8. The molecule has 4 rings (SSSR count). The van der Waals surface area contributed by atoms with Crippen LogP contribution in [0, 0.1) is 31.6 Å². The molecule has 5 atom stereocenters. The zero-order valence-electron chi connectivity index (χ0n) is 25.0. The molecule has 2 bridgehead atoms. The van der Waals surface area contributed by atoms with E-state index in [-0.39, 0.29) is 37.0 Å². The number of fused-ring (bicyclic) bond motifs is 2. The molecule has 2 heterocycles. The van der Waals surface area contributed by atoms with E-state index in [4.69, 9.17) is 0 Å². The Morgan fingerprint density at radius 3 is 2.60 bits per heavy atom. The largest absolute Gasteiger partial charge is 0.353 e. The van der Waals surface area contributed by atoms with Crippen LogP contribution in [-0.2, 0) is 25.7 Å². The number of anilines is 1. The van der Waals surface area contributed by atoms with Crippen LogP contribution in [0.25, 0.3) is 0 Å². The maximum Gasteiger partial charge on any atom is 0.287 e. The van der Waals surface area contributed by atoms with Crippen LogP contribution in [0.15, 0.2) is 23.1 Å². The Balaban J connectivity index is 1.45. The molecule has 4 unspecified atom stereocenters. The normalized spacial score (nSPS) is 21.8. The molecule has 2 aliphatic rings. The van der Waals surface area contributed by atoms with Crippen molar-refractivity contribution in [3.05, 3.63) is 44.3 Å². The third-order valence-electron chi connectivity index (χ3n) is 8.44. The average Bonchev–Trinajstić information content (AvgIpc) is 3.32. The molecular formula is C30H40N6O6S. The highest BCUT2D eigenvalue weighted by Gasteiger charge is 2.38. The molecule has 0 radical (unpaired) electrons. The first kappa shape index (κ1) is 32.1. The van der Waals surface area contributed by atoms with Gasteiger partial charge in [-0.15, -0.1) is 11.3 Å². The van der Waals surface area contributed by atoms with Crippen LogP contribution in [0.5, 0.6) is 0 Å². The fraction of sp³-hybridized carbons (Fsp3) is 0.567. The summed E-state index contributed by atoms with van der Waals surface area (Å²) in [5, 5.41) is 11.2. The first-order chi connectivity index (χ1) is 20.5. The second-order valence-electron chi connectivity index (χ2n) is 11.7. The molecule has 2 fully saturated rings. The highest BCUT2D eigenvalue weighted by Crippen LogP contribution is 2.42. The Bertz CT molecular complexity index is 1450. The van der Waals surface area contributed by atoms with Gasteiger partial charge in [0, 0.05) is 25.7 Å². The summed E-state index contributed by atoms with van der Waals surface area (Å²) in [7, 11) is 1.32. The standard InChI is InChI=1S/C30H40N6O6S/c1-16-13-19-7-5-8-20(14-19)25(16)35-24(38)15-36-12-6-9-22(30(36)42)34-27(39)21(10-11-23(37)28(40)31-4)33-29(41)26-17(2)32-18(3)43-26/h6,9,12,16,19-21,25H,5,7-8,10-11,13-15H2,1-4H3,(H,31,40)(H,33,41)(H,34,39)(H,35,38)/t16?,19?,20?,21-,25?/m0/s1. The van der Waals surface area contributed by atoms with E-state index in [1.807, 2.05) is 0 Å². The van der Waals surface area contributed by atoms with Crippen LogP contribution >= 0.6 is 11.3 Å². The third-order valence-corrected chi connectivity index (χ3v) is 9.51. The van der Waals surface area contributed by atoms with Gasteiger partial charge >= 0.3 is 0 Å². The molecule has 12 nitrogen and oxygen atoms in total. The van der Waals surface area contributed by atoms with E-state index in [0.717, 1.165) is 36.5 Å². The minimum atomic E-state index is -1.23. The molecule has 4 amide bonds. The Morgan fingerprint density at radius 2 is 1.91 bits per heavy atom. The summed E-state index contributed by atoms with van der Waals surface area (Å²) in [4.78, 5) is 81.0. The van der Waals surface area contributed by atoms with Crippen molar-refractivity contribution in [1.82, 2.24) is 25.5 Å². The highest BCUT2D eigenvalue weighted by atomic mass is 32.1. The zero-order valence-corrected chi connectivity index (χ0v) is 25.8. The molecule has 4 N–H and O–H groups in total. The monoisotopic (exact) mass is 612 g/mol. The molecule has 2 aliphatic carbocycles. The van der Waals surface area contributed by atoms with E-state index in [2.05, 4.69) is 33.2 Å². The summed E-state index contributed by atoms with van der Waals surface area (Å²) in [5.74, 6) is -1.56. The van der Waals surface area contributed by atoms with Crippen molar-refractivity contribution < 1.29 is 24.0 Å². The van der Waals surface area contributed by atoms with Gasteiger partial charge in [0.2, 0.25) is 17.6 Å². The van der Waals surface area contributed by atoms with Gasteiger partial charge in [0.1, 0.15) is 23.2 Å². The highest BCUT2D eigenvalue weighted by molar-refractivity contribution is 7.13. The number of nitrogens with one attached hydrogen (secondary N) is 4. The number of thiazole rings is 1. The average molecular weight is 613 g/mol. The van der Waals surface area contributed by atoms with Gasteiger partial charge in [-0.05, 0) is 69.4 Å². The topological polar surface area (TPSA) is 168 Å². The first-order valence-electron chi connectivity index (χ1n) is 14.8. The Morgan fingerprint density at radius 1 is 1.14 bits per heavy atom. The SMILES string of the molecule is CNC(=O)C(=O)CC[C@H](NC(=O)c1sc(C)nc1C)C(=O)Nc1cccn(CC(=O)NC2C(C)CC3CCCC2C3)c1=O. The van der Waals surface area contributed by atoms with E-state index in [1.54, 1.807) is 19.9 Å². The maximum absolute atomic E-state index is 13.3. The number of hydrogen-bond donors (Lipinski definition) is 4. The number of aromatic nitrogens is 2. The van der Waals surface area contributed by atoms with Crippen LogP contribution in [-0.4, -0.2) is 58.1 Å². The summed E-state index contributed by atoms with van der Waals surface area (Å²) in [6.07, 6.45) is 6.76. The predicted molar refractivity (Wildman–Crippen MR) is 162 cm³/mol. The van der Waals surface area contributed by atoms with E-state index >= 15 is 0 Å². The smallest absolute Gasteiger partial charge is 0.287 e. The summed E-state index contributed by atoms with van der Waals surface area (Å²) >= 11 is 1.16. The lowest BCUT2D eigenvalue weighted by Gasteiger charge is -2.44. The van der Waals surface area contributed by atoms with Crippen LogP contribution in [0.3, 0.4) is 0 Å². The maximum atomic E-state index is 13.3. The summed E-state index contributed by atoms with van der Waals surface area (Å²) < 4.78 is 1.23. The third kappa shape index (κ3) is 7.95.